The molecule has 6 heteroatoms. The van der Waals surface area contributed by atoms with Gasteiger partial charge in [-0.3, -0.25) is 9.78 Å². The van der Waals surface area contributed by atoms with Crippen LogP contribution in [0, 0.1) is 0 Å². The lowest BCUT2D eigenvalue weighted by Crippen LogP contribution is -2.11. The third-order valence-corrected chi connectivity index (χ3v) is 3.58. The zero-order chi connectivity index (χ0) is 17.3. The number of hydrogen-bond donors (Lipinski definition) is 2. The number of anilines is 3. The molecule has 3 aromatic rings. The number of aryl methyl sites for hydroxylation is 1. The van der Waals surface area contributed by atoms with Crippen molar-refractivity contribution < 1.29 is 4.79 Å². The Morgan fingerprint density at radius 1 is 0.920 bits per heavy atom. The smallest absolute Gasteiger partial charge is 0.227 e. The molecule has 1 aromatic carbocycles. The van der Waals surface area contributed by atoms with Gasteiger partial charge >= 0.3 is 0 Å². The first-order valence-electron chi connectivity index (χ1n) is 8.12. The van der Waals surface area contributed by atoms with Gasteiger partial charge in [0.25, 0.3) is 0 Å². The third kappa shape index (κ3) is 5.39. The van der Waals surface area contributed by atoms with Crippen LogP contribution >= 0.6 is 0 Å². The summed E-state index contributed by atoms with van der Waals surface area (Å²) in [4.78, 5) is 24.3. The number of benzene rings is 1. The van der Waals surface area contributed by atoms with Crippen LogP contribution in [0.3, 0.4) is 0 Å². The highest BCUT2D eigenvalue weighted by atomic mass is 16.1. The molecule has 2 heterocycles. The molecule has 25 heavy (non-hydrogen) atoms. The van der Waals surface area contributed by atoms with E-state index >= 15 is 0 Å². The van der Waals surface area contributed by atoms with Gasteiger partial charge in [0, 0.05) is 42.6 Å². The van der Waals surface area contributed by atoms with Crippen molar-refractivity contribution in [3.63, 3.8) is 0 Å². The van der Waals surface area contributed by atoms with E-state index in [1.165, 1.54) is 0 Å². The molecule has 3 rings (SSSR count). The van der Waals surface area contributed by atoms with Crippen molar-refractivity contribution in [2.75, 3.05) is 10.6 Å². The topological polar surface area (TPSA) is 79.8 Å². The Balaban J connectivity index is 1.45. The number of nitrogens with one attached hydrogen (secondary N) is 2. The van der Waals surface area contributed by atoms with E-state index in [-0.39, 0.29) is 5.91 Å². The highest BCUT2D eigenvalue weighted by molar-refractivity contribution is 5.90. The average molecular weight is 333 g/mol. The molecule has 0 aliphatic carbocycles. The maximum Gasteiger partial charge on any atom is 0.227 e. The molecule has 0 spiro atoms. The molecule has 0 unspecified atom stereocenters. The Bertz CT molecular complexity index is 791. The Kier molecular flexibility index (Phi) is 5.66. The minimum Gasteiger partial charge on any atom is -0.326 e. The molecule has 0 radical (unpaired) electrons. The molecule has 0 aliphatic heterocycles. The normalized spacial score (nSPS) is 10.2. The summed E-state index contributed by atoms with van der Waals surface area (Å²) < 4.78 is 0. The van der Waals surface area contributed by atoms with Crippen molar-refractivity contribution in [1.82, 2.24) is 15.0 Å². The Morgan fingerprint density at radius 2 is 1.68 bits per heavy atom. The van der Waals surface area contributed by atoms with Gasteiger partial charge in [-0.2, -0.15) is 0 Å². The molecule has 6 nitrogen and oxygen atoms in total. The predicted molar refractivity (Wildman–Crippen MR) is 97.6 cm³/mol. The van der Waals surface area contributed by atoms with E-state index in [2.05, 4.69) is 25.6 Å². The van der Waals surface area contributed by atoms with Gasteiger partial charge in [0.05, 0.1) is 0 Å². The van der Waals surface area contributed by atoms with Gasteiger partial charge in [-0.1, -0.05) is 6.07 Å². The van der Waals surface area contributed by atoms with E-state index in [1.54, 1.807) is 24.7 Å². The molecule has 2 aromatic heterocycles. The molecule has 0 aliphatic rings. The number of amides is 1. The molecule has 0 atom stereocenters. The average Bonchev–Trinajstić information content (AvgIpc) is 2.65. The standard InChI is InChI=1S/C19H19N5O/c25-18(6-1-4-15-5-2-11-20-14-15)23-16-7-9-17(10-8-16)24-19-21-12-3-13-22-19/h2-3,5,7-14H,1,4,6H2,(H,23,25)(H,21,22,24). The summed E-state index contributed by atoms with van der Waals surface area (Å²) in [6.07, 6.45) is 9.06. The Labute approximate surface area is 146 Å². The number of carbonyl (C=O) groups excluding carboxylic acids is 1. The van der Waals surface area contributed by atoms with Gasteiger partial charge in [-0.05, 0) is 54.8 Å². The maximum absolute atomic E-state index is 12.0. The third-order valence-electron chi connectivity index (χ3n) is 3.58. The van der Waals surface area contributed by atoms with Crippen LogP contribution < -0.4 is 10.6 Å². The largest absolute Gasteiger partial charge is 0.326 e. The van der Waals surface area contributed by atoms with Crippen molar-refractivity contribution in [2.45, 2.75) is 19.3 Å². The highest BCUT2D eigenvalue weighted by Crippen LogP contribution is 2.16. The highest BCUT2D eigenvalue weighted by Gasteiger charge is 2.03. The fourth-order valence-corrected chi connectivity index (χ4v) is 2.35. The molecule has 0 saturated heterocycles. The van der Waals surface area contributed by atoms with Crippen LogP contribution in [-0.4, -0.2) is 20.9 Å². The van der Waals surface area contributed by atoms with Crippen LogP contribution in [0.4, 0.5) is 17.3 Å². The Morgan fingerprint density at radius 3 is 2.40 bits per heavy atom. The lowest BCUT2D eigenvalue weighted by Gasteiger charge is -2.08. The van der Waals surface area contributed by atoms with Crippen LogP contribution in [-0.2, 0) is 11.2 Å². The van der Waals surface area contributed by atoms with E-state index in [0.717, 1.165) is 29.8 Å². The lowest BCUT2D eigenvalue weighted by atomic mass is 10.1. The zero-order valence-corrected chi connectivity index (χ0v) is 13.7. The first-order valence-corrected chi connectivity index (χ1v) is 8.12. The lowest BCUT2D eigenvalue weighted by molar-refractivity contribution is -0.116. The van der Waals surface area contributed by atoms with Gasteiger partial charge in [0.2, 0.25) is 11.9 Å². The number of hydrogen-bond acceptors (Lipinski definition) is 5. The molecule has 0 saturated carbocycles. The molecule has 0 fully saturated rings. The molecule has 2 N–H and O–H groups in total. The van der Waals surface area contributed by atoms with Gasteiger partial charge in [0.1, 0.15) is 0 Å². The summed E-state index contributed by atoms with van der Waals surface area (Å²) in [6.45, 7) is 0. The van der Waals surface area contributed by atoms with Crippen LogP contribution in [0.2, 0.25) is 0 Å². The van der Waals surface area contributed by atoms with Gasteiger partial charge < -0.3 is 10.6 Å². The quantitative estimate of drug-likeness (QED) is 0.691. The number of pyridine rings is 1. The summed E-state index contributed by atoms with van der Waals surface area (Å²) in [5, 5.41) is 6.00. The molecular weight excluding hydrogens is 314 g/mol. The van der Waals surface area contributed by atoms with Crippen molar-refractivity contribution in [1.29, 1.82) is 0 Å². The van der Waals surface area contributed by atoms with E-state index in [1.807, 2.05) is 42.6 Å². The van der Waals surface area contributed by atoms with Crippen LogP contribution in [0.1, 0.15) is 18.4 Å². The zero-order valence-electron chi connectivity index (χ0n) is 13.7. The van der Waals surface area contributed by atoms with Crippen molar-refractivity contribution >= 4 is 23.2 Å². The molecule has 126 valence electrons. The second-order valence-corrected chi connectivity index (χ2v) is 5.54. The van der Waals surface area contributed by atoms with Crippen molar-refractivity contribution in [3.05, 3.63) is 72.8 Å². The summed E-state index contributed by atoms with van der Waals surface area (Å²) in [5.41, 5.74) is 2.78. The monoisotopic (exact) mass is 333 g/mol. The SMILES string of the molecule is O=C(CCCc1cccnc1)Nc1ccc(Nc2ncccn2)cc1. The number of nitrogens with zero attached hydrogens (tertiary/aromatic N) is 3. The van der Waals surface area contributed by atoms with Gasteiger partial charge in [-0.25, -0.2) is 9.97 Å². The number of carbonyl (C=O) groups is 1. The summed E-state index contributed by atoms with van der Waals surface area (Å²) in [7, 11) is 0. The second-order valence-electron chi connectivity index (χ2n) is 5.54. The summed E-state index contributed by atoms with van der Waals surface area (Å²) >= 11 is 0. The van der Waals surface area contributed by atoms with E-state index < -0.39 is 0 Å². The van der Waals surface area contributed by atoms with Crippen molar-refractivity contribution in [3.8, 4) is 0 Å². The van der Waals surface area contributed by atoms with Crippen LogP contribution in [0.25, 0.3) is 0 Å². The minimum absolute atomic E-state index is 0.0102. The number of rotatable bonds is 7. The Hall–Kier alpha value is -3.28. The van der Waals surface area contributed by atoms with E-state index in [9.17, 15) is 4.79 Å². The van der Waals surface area contributed by atoms with Crippen LogP contribution in [0.15, 0.2) is 67.3 Å². The van der Waals surface area contributed by atoms with Gasteiger partial charge in [0.15, 0.2) is 0 Å². The van der Waals surface area contributed by atoms with Crippen LogP contribution in [0.5, 0.6) is 0 Å². The number of aromatic nitrogens is 3. The minimum atomic E-state index is 0.0102. The molecule has 1 amide bonds. The predicted octanol–water partition coefficient (Wildman–Crippen LogP) is 3.58. The fraction of sp³-hybridized carbons (Fsp3) is 0.158. The van der Waals surface area contributed by atoms with E-state index in [4.69, 9.17) is 0 Å². The molecule has 0 bridgehead atoms. The summed E-state index contributed by atoms with van der Waals surface area (Å²) in [6, 6.07) is 13.1. The first kappa shape index (κ1) is 16.6. The second kappa shape index (κ2) is 8.54. The van der Waals surface area contributed by atoms with E-state index in [0.29, 0.717) is 12.4 Å². The fourth-order valence-electron chi connectivity index (χ4n) is 2.35. The summed E-state index contributed by atoms with van der Waals surface area (Å²) in [5.74, 6) is 0.547. The first-order chi connectivity index (χ1) is 12.3. The van der Waals surface area contributed by atoms with Crippen molar-refractivity contribution in [2.24, 2.45) is 0 Å². The molecular formula is C19H19N5O. The van der Waals surface area contributed by atoms with Gasteiger partial charge in [-0.15, -0.1) is 0 Å². The maximum atomic E-state index is 12.0.